The molecule has 9 aliphatic rings. The van der Waals surface area contributed by atoms with E-state index in [1.807, 2.05) is 0 Å². The molecule has 246 valence electrons. The Hall–Kier alpha value is 1.55. The first-order valence-electron chi connectivity index (χ1n) is 18.5. The summed E-state index contributed by atoms with van der Waals surface area (Å²) in [7, 11) is 0. The molecule has 5 saturated heterocycles. The fourth-order valence-corrected chi connectivity index (χ4v) is 12.5. The van der Waals surface area contributed by atoms with E-state index in [1.54, 1.807) is 0 Å². The minimum absolute atomic E-state index is 0.250. The Morgan fingerprint density at radius 2 is 0.614 bits per heavy atom. The topological polar surface area (TPSA) is 96.2 Å². The minimum atomic E-state index is -0.250. The molecule has 9 fully saturated rings. The Balaban J connectivity index is 0.000000928. The summed E-state index contributed by atoms with van der Waals surface area (Å²) in [5.74, 6) is 5.34. The van der Waals surface area contributed by atoms with Crippen molar-refractivity contribution in [1.82, 2.24) is 42.5 Å². The maximum absolute atomic E-state index is 7.19. The number of halogens is 3. The number of fused-ring (bicyclic) bond motifs is 20. The average Bonchev–Trinajstić information content (AvgIpc) is 3.77. The zero-order valence-corrected chi connectivity index (χ0v) is 33.2. The fourth-order valence-electron chi connectivity index (χ4n) is 12.0. The standard InChI is InChI=1S/C32H55ClN8.2BrH.Zn/c33-23-15-7-14-22-24(23)32-40-30-21-13-6-5-12-20(21)28(38-30)36-26-17-9-2-1-8-16(17)25(34-26)35-27-18-10-3-4-11-19(18)29(37-27)39-31(22)41-32;;;/h16-32,34-41H,1-15H2;2*1H;/q;;;+2/p-2. The Morgan fingerprint density at radius 3 is 0.932 bits per heavy atom. The quantitative estimate of drug-likeness (QED) is 0.134. The van der Waals surface area contributed by atoms with Crippen LogP contribution in [0.4, 0.5) is 0 Å². The van der Waals surface area contributed by atoms with Gasteiger partial charge in [-0.05, 0) is 92.8 Å². The molecule has 5 heterocycles. The van der Waals surface area contributed by atoms with Crippen LogP contribution in [0.5, 0.6) is 0 Å². The van der Waals surface area contributed by atoms with E-state index in [0.717, 1.165) is 18.3 Å². The van der Waals surface area contributed by atoms with Gasteiger partial charge in [0.25, 0.3) is 0 Å². The molecule has 17 unspecified atom stereocenters. The van der Waals surface area contributed by atoms with Crippen molar-refractivity contribution < 1.29 is 13.2 Å². The van der Waals surface area contributed by atoms with Crippen LogP contribution in [0, 0.1) is 47.3 Å². The first-order valence-corrected chi connectivity index (χ1v) is 32.8. The number of nitrogens with one attached hydrogen (secondary N) is 8. The summed E-state index contributed by atoms with van der Waals surface area (Å²) in [5.41, 5.74) is 0. The Bertz CT molecular complexity index is 987. The third kappa shape index (κ3) is 6.23. The number of hydrogen-bond acceptors (Lipinski definition) is 8. The molecule has 9 rings (SSSR count). The Labute approximate surface area is 291 Å². The third-order valence-electron chi connectivity index (χ3n) is 13.8. The van der Waals surface area contributed by atoms with Gasteiger partial charge in [-0.1, -0.05) is 44.9 Å². The summed E-state index contributed by atoms with van der Waals surface area (Å²) < 4.78 is 0. The fraction of sp³-hybridized carbons (Fsp3) is 1.00. The normalized spacial score (nSPS) is 54.6. The second-order valence-corrected chi connectivity index (χ2v) is 30.4. The number of rotatable bonds is 0. The predicted molar refractivity (Wildman–Crippen MR) is 180 cm³/mol. The molecule has 17 atom stereocenters. The second-order valence-electron chi connectivity index (χ2n) is 15.8. The second kappa shape index (κ2) is 14.4. The molecular weight excluding hydrogens is 757 g/mol. The molecule has 0 spiro atoms. The summed E-state index contributed by atoms with van der Waals surface area (Å²) in [4.78, 5) is 0. The van der Waals surface area contributed by atoms with Crippen molar-refractivity contribution >= 4 is 38.8 Å². The van der Waals surface area contributed by atoms with Gasteiger partial charge in [0.15, 0.2) is 0 Å². The Kier molecular flexibility index (Phi) is 10.7. The molecule has 8 nitrogen and oxygen atoms in total. The average molecular weight is 812 g/mol. The van der Waals surface area contributed by atoms with Crippen LogP contribution in [0.15, 0.2) is 0 Å². The van der Waals surface area contributed by atoms with Gasteiger partial charge in [0.1, 0.15) is 0 Å². The molecule has 8 bridgehead atoms. The van der Waals surface area contributed by atoms with Crippen molar-refractivity contribution in [2.24, 2.45) is 47.3 Å². The molecular formula is C32H55Br2ClN8Zn. The number of hydrogen-bond donors (Lipinski definition) is 8. The van der Waals surface area contributed by atoms with Crippen LogP contribution in [0.25, 0.3) is 0 Å². The summed E-state index contributed by atoms with van der Waals surface area (Å²) in [6.07, 6.45) is 22.9. The van der Waals surface area contributed by atoms with Gasteiger partial charge >= 0.3 is 40.5 Å². The van der Waals surface area contributed by atoms with Gasteiger partial charge < -0.3 is 0 Å². The Morgan fingerprint density at radius 1 is 0.364 bits per heavy atom. The summed E-state index contributed by atoms with van der Waals surface area (Å²) in [6.45, 7) is 0. The molecule has 4 saturated carbocycles. The van der Waals surface area contributed by atoms with Gasteiger partial charge in [0.2, 0.25) is 0 Å². The van der Waals surface area contributed by atoms with Crippen LogP contribution in [0.2, 0.25) is 0 Å². The first-order chi connectivity index (χ1) is 21.6. The van der Waals surface area contributed by atoms with E-state index in [-0.39, 0.29) is 24.8 Å². The molecule has 8 N–H and O–H groups in total. The van der Waals surface area contributed by atoms with E-state index in [9.17, 15) is 0 Å². The third-order valence-corrected chi connectivity index (χ3v) is 14.3. The summed E-state index contributed by atoms with van der Waals surface area (Å²) in [6, 6.07) is 0. The van der Waals surface area contributed by atoms with Crippen LogP contribution < -0.4 is 42.5 Å². The van der Waals surface area contributed by atoms with Crippen LogP contribution >= 0.6 is 38.8 Å². The van der Waals surface area contributed by atoms with Crippen molar-refractivity contribution in [2.45, 2.75) is 151 Å². The van der Waals surface area contributed by atoms with Crippen molar-refractivity contribution in [2.75, 3.05) is 0 Å². The predicted octanol–water partition coefficient (Wildman–Crippen LogP) is 4.51. The van der Waals surface area contributed by atoms with Gasteiger partial charge in [-0.25, -0.2) is 0 Å². The molecule has 0 radical (unpaired) electrons. The molecule has 12 heteroatoms. The maximum atomic E-state index is 7.19. The zero-order chi connectivity index (χ0) is 29.8. The van der Waals surface area contributed by atoms with E-state index >= 15 is 0 Å². The van der Waals surface area contributed by atoms with Crippen molar-refractivity contribution in [1.29, 1.82) is 0 Å². The number of alkyl halides is 1. The van der Waals surface area contributed by atoms with Gasteiger partial charge in [0, 0.05) is 11.3 Å². The van der Waals surface area contributed by atoms with Crippen molar-refractivity contribution in [3.05, 3.63) is 0 Å². The van der Waals surface area contributed by atoms with Crippen molar-refractivity contribution in [3.63, 3.8) is 0 Å². The van der Waals surface area contributed by atoms with Gasteiger partial charge in [-0.3, -0.25) is 42.5 Å². The molecule has 0 aromatic rings. The molecule has 0 aromatic carbocycles. The first kappa shape index (κ1) is 32.7. The van der Waals surface area contributed by atoms with Gasteiger partial charge in [0.05, 0.1) is 49.3 Å². The monoisotopic (exact) mass is 808 g/mol. The molecule has 4 aliphatic carbocycles. The van der Waals surface area contributed by atoms with Crippen LogP contribution in [-0.4, -0.2) is 54.7 Å². The van der Waals surface area contributed by atoms with Gasteiger partial charge in [-0.2, -0.15) is 0 Å². The van der Waals surface area contributed by atoms with E-state index in [1.165, 1.54) is 89.9 Å². The molecule has 0 amide bonds. The van der Waals surface area contributed by atoms with E-state index in [4.69, 9.17) is 11.6 Å². The van der Waals surface area contributed by atoms with E-state index in [2.05, 4.69) is 69.8 Å². The van der Waals surface area contributed by atoms with Gasteiger partial charge in [-0.15, -0.1) is 11.6 Å². The van der Waals surface area contributed by atoms with E-state index < -0.39 is 0 Å². The van der Waals surface area contributed by atoms with Crippen LogP contribution in [0.1, 0.15) is 96.3 Å². The molecule has 44 heavy (non-hydrogen) atoms. The van der Waals surface area contributed by atoms with E-state index in [0.29, 0.717) is 78.7 Å². The van der Waals surface area contributed by atoms with Crippen LogP contribution in [-0.2, 0) is 13.2 Å². The molecule has 5 aliphatic heterocycles. The zero-order valence-electron chi connectivity index (χ0n) is 26.3. The van der Waals surface area contributed by atoms with Crippen LogP contribution in [0.3, 0.4) is 0 Å². The summed E-state index contributed by atoms with van der Waals surface area (Å²) in [5, 5.41) is 33.8. The van der Waals surface area contributed by atoms with Crippen molar-refractivity contribution in [3.8, 4) is 0 Å². The summed E-state index contributed by atoms with van der Waals surface area (Å²) >= 11 is 13.4. The molecule has 0 aromatic heterocycles. The SMILES string of the molecule is ClC1CCCC2C3NC4NC(NC5NC(NC6NC(NC(N3)C12)C1CCCCC61)C1CCCCC51)C1CCCCC41.[Br][Zn][Br].